The average molecular weight is 238 g/mol. The van der Waals surface area contributed by atoms with Crippen molar-refractivity contribution in [3.63, 3.8) is 0 Å². The predicted molar refractivity (Wildman–Crippen MR) is 66.8 cm³/mol. The molecule has 1 aromatic rings. The molecule has 4 nitrogen and oxygen atoms in total. The van der Waals surface area contributed by atoms with Gasteiger partial charge in [0.25, 0.3) is 0 Å². The van der Waals surface area contributed by atoms with Crippen LogP contribution < -0.4 is 5.32 Å². The molecule has 0 saturated carbocycles. The maximum Gasteiger partial charge on any atom is 0.220 e. The van der Waals surface area contributed by atoms with Crippen molar-refractivity contribution in [2.24, 2.45) is 0 Å². The molecule has 0 atom stereocenters. The van der Waals surface area contributed by atoms with Crippen molar-refractivity contribution >= 4 is 5.91 Å². The molecule has 0 aliphatic heterocycles. The lowest BCUT2D eigenvalue weighted by molar-refractivity contribution is -0.121. The predicted octanol–water partition coefficient (Wildman–Crippen LogP) is 2.53. The first-order valence-electron chi connectivity index (χ1n) is 6.29. The van der Waals surface area contributed by atoms with Gasteiger partial charge in [-0.1, -0.05) is 19.0 Å². The van der Waals surface area contributed by atoms with Crippen LogP contribution in [0.1, 0.15) is 50.1 Å². The lowest BCUT2D eigenvalue weighted by Crippen LogP contribution is -2.33. The highest BCUT2D eigenvalue weighted by atomic mass is 16.5. The Labute approximate surface area is 103 Å². The second kappa shape index (κ2) is 6.42. The number of aryl methyl sites for hydroxylation is 2. The molecule has 1 heterocycles. The smallest absolute Gasteiger partial charge is 0.220 e. The summed E-state index contributed by atoms with van der Waals surface area (Å²) in [6, 6.07) is 0.298. The van der Waals surface area contributed by atoms with Gasteiger partial charge in [-0.2, -0.15) is 0 Å². The second-order valence-electron chi connectivity index (χ2n) is 4.38. The summed E-state index contributed by atoms with van der Waals surface area (Å²) in [5, 5.41) is 6.91. The highest BCUT2D eigenvalue weighted by Gasteiger charge is 2.12. The van der Waals surface area contributed by atoms with Crippen molar-refractivity contribution in [2.75, 3.05) is 0 Å². The fourth-order valence-electron chi connectivity index (χ4n) is 1.89. The minimum Gasteiger partial charge on any atom is -0.361 e. The van der Waals surface area contributed by atoms with E-state index in [0.717, 1.165) is 29.9 Å². The Morgan fingerprint density at radius 1 is 1.35 bits per heavy atom. The Bertz CT molecular complexity index is 348. The number of rotatable bonds is 6. The number of hydrogen-bond acceptors (Lipinski definition) is 3. The number of hydrogen-bond donors (Lipinski definition) is 1. The van der Waals surface area contributed by atoms with Crippen LogP contribution in [-0.2, 0) is 11.2 Å². The Kier molecular flexibility index (Phi) is 5.19. The van der Waals surface area contributed by atoms with Gasteiger partial charge in [-0.3, -0.25) is 4.79 Å². The average Bonchev–Trinajstić information content (AvgIpc) is 2.63. The monoisotopic (exact) mass is 238 g/mol. The van der Waals surface area contributed by atoms with Crippen molar-refractivity contribution in [3.05, 3.63) is 17.0 Å². The number of amides is 1. The van der Waals surface area contributed by atoms with Gasteiger partial charge in [-0.15, -0.1) is 0 Å². The molecule has 0 aromatic carbocycles. The minimum atomic E-state index is 0.110. The molecule has 1 aromatic heterocycles. The summed E-state index contributed by atoms with van der Waals surface area (Å²) in [5.74, 6) is 0.927. The van der Waals surface area contributed by atoms with Crippen LogP contribution in [0, 0.1) is 13.8 Å². The van der Waals surface area contributed by atoms with Crippen LogP contribution in [0.15, 0.2) is 4.52 Å². The van der Waals surface area contributed by atoms with Gasteiger partial charge in [0.1, 0.15) is 5.76 Å². The molecule has 17 heavy (non-hydrogen) atoms. The first kappa shape index (κ1) is 13.7. The molecule has 0 saturated heterocycles. The van der Waals surface area contributed by atoms with E-state index in [1.807, 2.05) is 13.8 Å². The maximum atomic E-state index is 11.7. The lowest BCUT2D eigenvalue weighted by atomic mass is 10.1. The normalized spacial score (nSPS) is 10.9. The van der Waals surface area contributed by atoms with Gasteiger partial charge in [0, 0.05) is 18.0 Å². The number of nitrogens with zero attached hydrogens (tertiary/aromatic N) is 1. The zero-order chi connectivity index (χ0) is 12.8. The van der Waals surface area contributed by atoms with Crippen LogP contribution in [0.3, 0.4) is 0 Å². The van der Waals surface area contributed by atoms with Gasteiger partial charge < -0.3 is 9.84 Å². The van der Waals surface area contributed by atoms with Crippen molar-refractivity contribution in [3.8, 4) is 0 Å². The molecule has 1 N–H and O–H groups in total. The van der Waals surface area contributed by atoms with Crippen molar-refractivity contribution in [1.82, 2.24) is 10.5 Å². The summed E-state index contributed by atoms with van der Waals surface area (Å²) < 4.78 is 5.07. The molecule has 1 rings (SSSR count). The summed E-state index contributed by atoms with van der Waals surface area (Å²) in [6.07, 6.45) is 3.16. The fraction of sp³-hybridized carbons (Fsp3) is 0.692. The first-order valence-corrected chi connectivity index (χ1v) is 6.29. The van der Waals surface area contributed by atoms with E-state index in [2.05, 4.69) is 24.3 Å². The van der Waals surface area contributed by atoms with E-state index in [4.69, 9.17) is 4.52 Å². The Morgan fingerprint density at radius 2 is 2.00 bits per heavy atom. The summed E-state index contributed by atoms with van der Waals surface area (Å²) in [5.41, 5.74) is 1.95. The van der Waals surface area contributed by atoms with Crippen LogP contribution in [0.5, 0.6) is 0 Å². The van der Waals surface area contributed by atoms with E-state index >= 15 is 0 Å². The van der Waals surface area contributed by atoms with E-state index in [-0.39, 0.29) is 5.91 Å². The molecule has 4 heteroatoms. The molecular weight excluding hydrogens is 216 g/mol. The quantitative estimate of drug-likeness (QED) is 0.828. The van der Waals surface area contributed by atoms with Crippen LogP contribution in [0.25, 0.3) is 0 Å². The maximum absolute atomic E-state index is 11.7. The molecule has 1 amide bonds. The molecule has 96 valence electrons. The van der Waals surface area contributed by atoms with Crippen molar-refractivity contribution < 1.29 is 9.32 Å². The van der Waals surface area contributed by atoms with Gasteiger partial charge in [-0.05, 0) is 33.1 Å². The van der Waals surface area contributed by atoms with E-state index < -0.39 is 0 Å². The van der Waals surface area contributed by atoms with Gasteiger partial charge in [-0.25, -0.2) is 0 Å². The van der Waals surface area contributed by atoms with Crippen LogP contribution >= 0.6 is 0 Å². The molecule has 0 spiro atoms. The molecule has 0 fully saturated rings. The van der Waals surface area contributed by atoms with E-state index in [0.29, 0.717) is 18.9 Å². The van der Waals surface area contributed by atoms with Crippen LogP contribution in [0.4, 0.5) is 0 Å². The summed E-state index contributed by atoms with van der Waals surface area (Å²) >= 11 is 0. The third kappa shape index (κ3) is 3.88. The van der Waals surface area contributed by atoms with E-state index in [1.54, 1.807) is 0 Å². The standard InChI is InChI=1S/C13H22N2O2/c1-5-11(6-2)14-13(16)8-7-12-9(3)15-17-10(12)4/h11H,5-8H2,1-4H3,(H,14,16). The summed E-state index contributed by atoms with van der Waals surface area (Å²) in [6.45, 7) is 7.96. The van der Waals surface area contributed by atoms with Crippen molar-refractivity contribution in [1.29, 1.82) is 0 Å². The van der Waals surface area contributed by atoms with Gasteiger partial charge in [0.2, 0.25) is 5.91 Å². The van der Waals surface area contributed by atoms with E-state index in [1.165, 1.54) is 0 Å². The zero-order valence-corrected chi connectivity index (χ0v) is 11.2. The van der Waals surface area contributed by atoms with E-state index in [9.17, 15) is 4.79 Å². The second-order valence-corrected chi connectivity index (χ2v) is 4.38. The van der Waals surface area contributed by atoms with Gasteiger partial charge in [0.15, 0.2) is 0 Å². The summed E-state index contributed by atoms with van der Waals surface area (Å²) in [4.78, 5) is 11.7. The number of aromatic nitrogens is 1. The SMILES string of the molecule is CCC(CC)NC(=O)CCc1c(C)noc1C. The Balaban J connectivity index is 2.43. The van der Waals surface area contributed by atoms with Gasteiger partial charge >= 0.3 is 0 Å². The number of carbonyl (C=O) groups excluding carboxylic acids is 1. The minimum absolute atomic E-state index is 0.110. The molecule has 0 aliphatic rings. The largest absolute Gasteiger partial charge is 0.361 e. The Morgan fingerprint density at radius 3 is 2.47 bits per heavy atom. The third-order valence-electron chi connectivity index (χ3n) is 3.13. The molecule has 0 bridgehead atoms. The third-order valence-corrected chi connectivity index (χ3v) is 3.13. The van der Waals surface area contributed by atoms with Crippen LogP contribution in [-0.4, -0.2) is 17.1 Å². The lowest BCUT2D eigenvalue weighted by Gasteiger charge is -2.14. The zero-order valence-electron chi connectivity index (χ0n) is 11.2. The van der Waals surface area contributed by atoms with Gasteiger partial charge in [0.05, 0.1) is 5.69 Å². The topological polar surface area (TPSA) is 55.1 Å². The molecule has 0 unspecified atom stereocenters. The molecule has 0 radical (unpaired) electrons. The molecule has 0 aliphatic carbocycles. The summed E-state index contributed by atoms with van der Waals surface area (Å²) in [7, 11) is 0. The van der Waals surface area contributed by atoms with Crippen LogP contribution in [0.2, 0.25) is 0 Å². The fourth-order valence-corrected chi connectivity index (χ4v) is 1.89. The van der Waals surface area contributed by atoms with Crippen molar-refractivity contribution in [2.45, 2.75) is 59.4 Å². The highest BCUT2D eigenvalue weighted by molar-refractivity contribution is 5.76. The number of nitrogens with one attached hydrogen (secondary N) is 1. The number of carbonyl (C=O) groups is 1. The highest BCUT2D eigenvalue weighted by Crippen LogP contribution is 2.14. The first-order chi connectivity index (χ1) is 8.08. The Hall–Kier alpha value is -1.32. The molecular formula is C13H22N2O2.